The molecule has 16 nitrogen and oxygen atoms in total. The van der Waals surface area contributed by atoms with E-state index in [-0.39, 0.29) is 43.3 Å². The van der Waals surface area contributed by atoms with Gasteiger partial charge in [0.2, 0.25) is 5.91 Å². The van der Waals surface area contributed by atoms with Crippen molar-refractivity contribution in [2.24, 2.45) is 11.0 Å². The number of hydrogen-bond donors (Lipinski definition) is 0. The van der Waals surface area contributed by atoms with Gasteiger partial charge in [0.25, 0.3) is 11.4 Å². The number of esters is 1. The van der Waals surface area contributed by atoms with E-state index in [2.05, 4.69) is 10.0 Å². The van der Waals surface area contributed by atoms with Crippen LogP contribution in [0.2, 0.25) is 0 Å². The molecule has 2 aromatic rings. The number of non-ortho nitro benzene ring substituents is 2. The molecule has 0 N–H and O–H groups in total. The van der Waals surface area contributed by atoms with Gasteiger partial charge in [-0.2, -0.15) is 0 Å². The van der Waals surface area contributed by atoms with Gasteiger partial charge in [0.1, 0.15) is 25.0 Å². The van der Waals surface area contributed by atoms with Crippen LogP contribution in [-0.2, 0) is 37.0 Å². The highest BCUT2D eigenvalue weighted by atomic mass is 32.2. The minimum Gasteiger partial charge on any atom is -0.456 e. The van der Waals surface area contributed by atoms with E-state index < -0.39 is 45.9 Å². The van der Waals surface area contributed by atoms with Gasteiger partial charge in [-0.25, -0.2) is 9.59 Å². The molecule has 0 aromatic heterocycles. The third kappa shape index (κ3) is 7.32. The fourth-order valence-electron chi connectivity index (χ4n) is 4.62. The van der Waals surface area contributed by atoms with Crippen molar-refractivity contribution in [3.63, 3.8) is 0 Å². The van der Waals surface area contributed by atoms with E-state index in [4.69, 9.17) is 19.7 Å². The molecule has 0 saturated carbocycles. The van der Waals surface area contributed by atoms with Gasteiger partial charge >= 0.3 is 12.1 Å². The third-order valence-electron chi connectivity index (χ3n) is 6.73. The number of azide groups is 1. The number of nitro benzene ring substituents is 2. The second-order valence-corrected chi connectivity index (χ2v) is 10.5. The Labute approximate surface area is 253 Å². The van der Waals surface area contributed by atoms with Crippen LogP contribution in [0.1, 0.15) is 24.5 Å². The fourth-order valence-corrected chi connectivity index (χ4v) is 5.52. The molecule has 1 amide bonds. The normalized spacial score (nSPS) is 17.8. The monoisotopic (exact) mass is 624 g/mol. The summed E-state index contributed by atoms with van der Waals surface area (Å²) in [6.45, 7) is 1.22. The van der Waals surface area contributed by atoms with Crippen molar-refractivity contribution in [3.8, 4) is 0 Å². The highest BCUT2D eigenvalue weighted by Crippen LogP contribution is 2.48. The molecule has 3 unspecified atom stereocenters. The lowest BCUT2D eigenvalue weighted by Gasteiger charge is -2.45. The number of nitro groups is 2. The number of rotatable bonds is 13. The number of benzene rings is 2. The Hall–Kier alpha value is -5.41. The van der Waals surface area contributed by atoms with E-state index in [0.717, 1.165) is 11.8 Å². The molecule has 3 atom stereocenters. The summed E-state index contributed by atoms with van der Waals surface area (Å²) in [5.74, 6) is -2.01. The van der Waals surface area contributed by atoms with Crippen molar-refractivity contribution < 1.29 is 38.4 Å². The Morgan fingerprint density at radius 2 is 1.64 bits per heavy atom. The summed E-state index contributed by atoms with van der Waals surface area (Å²) in [6, 6.07) is 10.4. The molecule has 2 aromatic carbocycles. The summed E-state index contributed by atoms with van der Waals surface area (Å²) < 4.78 is 15.9. The van der Waals surface area contributed by atoms with E-state index in [1.165, 1.54) is 60.4 Å². The van der Waals surface area contributed by atoms with Gasteiger partial charge in [-0.1, -0.05) is 11.2 Å². The average Bonchev–Trinajstić information content (AvgIpc) is 3.33. The van der Waals surface area contributed by atoms with Crippen LogP contribution in [0.5, 0.6) is 0 Å². The zero-order chi connectivity index (χ0) is 31.8. The smallest absolute Gasteiger partial charge is 0.456 e. The summed E-state index contributed by atoms with van der Waals surface area (Å²) in [5, 5.41) is 26.7. The molecule has 0 aliphatic carbocycles. The zero-order valence-corrected chi connectivity index (χ0v) is 23.8. The molecular weight excluding hydrogens is 600 g/mol. The Morgan fingerprint density at radius 3 is 2.18 bits per heavy atom. The molecule has 44 heavy (non-hydrogen) atoms. The van der Waals surface area contributed by atoms with Crippen LogP contribution in [0.3, 0.4) is 0 Å². The van der Waals surface area contributed by atoms with Crippen molar-refractivity contribution in [3.05, 3.63) is 112 Å². The Bertz CT molecular complexity index is 1570. The lowest BCUT2D eigenvalue weighted by Crippen LogP contribution is -2.62. The SMILES string of the molecule is CC(OC(=O)OCc1ccc([N+](=O)[O-])cc1)C1C(=O)N2C(C(=O)OCc3ccc([N+](=O)[O-])cc3)=C(SC=CCN=[N+]=[N-])CC12. The van der Waals surface area contributed by atoms with Gasteiger partial charge in [0.15, 0.2) is 0 Å². The number of carbonyl (C=O) groups excluding carboxylic acids is 3. The minimum atomic E-state index is -1.04. The van der Waals surface area contributed by atoms with E-state index in [1.54, 1.807) is 11.5 Å². The zero-order valence-electron chi connectivity index (χ0n) is 23.0. The molecule has 0 radical (unpaired) electrons. The number of fused-ring (bicyclic) bond motifs is 1. The van der Waals surface area contributed by atoms with Crippen LogP contribution in [0, 0.1) is 26.1 Å². The summed E-state index contributed by atoms with van der Waals surface area (Å²) in [7, 11) is 0. The van der Waals surface area contributed by atoms with Crippen LogP contribution in [0.15, 0.2) is 75.7 Å². The maximum absolute atomic E-state index is 13.2. The Morgan fingerprint density at radius 1 is 1.07 bits per heavy atom. The molecule has 4 rings (SSSR count). The third-order valence-corrected chi connectivity index (χ3v) is 7.70. The number of hydrogen-bond acceptors (Lipinski definition) is 12. The van der Waals surface area contributed by atoms with E-state index in [9.17, 15) is 34.6 Å². The Kier molecular flexibility index (Phi) is 10.2. The number of thioether (sulfide) groups is 1. The van der Waals surface area contributed by atoms with Crippen molar-refractivity contribution in [2.75, 3.05) is 6.54 Å². The first-order valence-corrected chi connectivity index (χ1v) is 13.8. The van der Waals surface area contributed by atoms with Crippen molar-refractivity contribution in [1.29, 1.82) is 0 Å². The number of carbonyl (C=O) groups is 3. The fraction of sp³-hybridized carbons (Fsp3) is 0.296. The highest BCUT2D eigenvalue weighted by molar-refractivity contribution is 8.05. The first kappa shape index (κ1) is 31.5. The minimum absolute atomic E-state index is 0.0320. The van der Waals surface area contributed by atoms with Gasteiger partial charge in [-0.05, 0) is 53.3 Å². The van der Waals surface area contributed by atoms with Crippen LogP contribution < -0.4 is 0 Å². The number of β-lactam (4-membered cyclic amide) rings is 1. The molecule has 0 spiro atoms. The van der Waals surface area contributed by atoms with Crippen molar-refractivity contribution in [2.45, 2.75) is 38.7 Å². The molecule has 17 heteroatoms. The van der Waals surface area contributed by atoms with Crippen LogP contribution in [0.25, 0.3) is 10.4 Å². The summed E-state index contributed by atoms with van der Waals surface area (Å²) in [4.78, 5) is 63.8. The second-order valence-electron chi connectivity index (χ2n) is 9.47. The van der Waals surface area contributed by atoms with Crippen LogP contribution >= 0.6 is 11.8 Å². The number of nitrogens with zero attached hydrogens (tertiary/aromatic N) is 6. The van der Waals surface area contributed by atoms with Gasteiger partial charge in [-0.15, -0.1) is 11.8 Å². The first-order valence-electron chi connectivity index (χ1n) is 13.0. The highest BCUT2D eigenvalue weighted by Gasteiger charge is 2.58. The quantitative estimate of drug-likeness (QED) is 0.0530. The summed E-state index contributed by atoms with van der Waals surface area (Å²) in [6.07, 6.45) is -0.0964. The predicted molar refractivity (Wildman–Crippen MR) is 153 cm³/mol. The lowest BCUT2D eigenvalue weighted by atomic mass is 9.83. The molecule has 1 saturated heterocycles. The van der Waals surface area contributed by atoms with Gasteiger partial charge in [-0.3, -0.25) is 25.0 Å². The lowest BCUT2D eigenvalue weighted by molar-refractivity contribution is -0.385. The second kappa shape index (κ2) is 14.2. The van der Waals surface area contributed by atoms with E-state index in [0.29, 0.717) is 16.0 Å². The Balaban J connectivity index is 1.39. The molecular formula is C27H24N6O10S. The molecule has 228 valence electrons. The van der Waals surface area contributed by atoms with Crippen LogP contribution in [0.4, 0.5) is 16.2 Å². The molecule has 2 aliphatic rings. The average molecular weight is 625 g/mol. The van der Waals surface area contributed by atoms with Crippen molar-refractivity contribution in [1.82, 2.24) is 4.90 Å². The summed E-state index contributed by atoms with van der Waals surface area (Å²) >= 11 is 1.15. The first-order chi connectivity index (χ1) is 21.1. The van der Waals surface area contributed by atoms with E-state index in [1.807, 2.05) is 0 Å². The number of ether oxygens (including phenoxy) is 3. The summed E-state index contributed by atoms with van der Waals surface area (Å²) in [5.41, 5.74) is 9.27. The van der Waals surface area contributed by atoms with Gasteiger partial charge < -0.3 is 19.1 Å². The standard InChI is InChI=1S/C27H24N6O10S/c1-16(43-27(36)42-15-18-5-9-20(10-6-18)33(39)40)23-21-13-22(44-12-2-11-29-30-28)24(31(21)25(23)34)26(35)41-14-17-3-7-19(8-4-17)32(37)38/h2-10,12,16,21,23H,11,13-15H2,1H3. The van der Waals surface area contributed by atoms with Gasteiger partial charge in [0.05, 0.1) is 21.8 Å². The molecule has 2 heterocycles. The molecule has 0 bridgehead atoms. The molecule has 2 aliphatic heterocycles. The van der Waals surface area contributed by atoms with E-state index >= 15 is 0 Å². The van der Waals surface area contributed by atoms with Crippen LogP contribution in [-0.4, -0.2) is 51.5 Å². The number of amides is 1. The topological polar surface area (TPSA) is 217 Å². The molecule has 1 fully saturated rings. The largest absolute Gasteiger partial charge is 0.508 e. The maximum Gasteiger partial charge on any atom is 0.508 e. The van der Waals surface area contributed by atoms with Gasteiger partial charge in [0, 0.05) is 47.0 Å². The maximum atomic E-state index is 13.2. The predicted octanol–water partition coefficient (Wildman–Crippen LogP) is 5.29. The van der Waals surface area contributed by atoms with Crippen molar-refractivity contribution >= 4 is 41.2 Å².